The molecule has 1 atom stereocenters. The highest BCUT2D eigenvalue weighted by Crippen LogP contribution is 2.24. The number of rotatable bonds is 4. The van der Waals surface area contributed by atoms with Crippen molar-refractivity contribution in [3.63, 3.8) is 0 Å². The van der Waals surface area contributed by atoms with E-state index in [2.05, 4.69) is 51.5 Å². The Labute approximate surface area is 177 Å². The fourth-order valence-electron chi connectivity index (χ4n) is 2.97. The van der Waals surface area contributed by atoms with Crippen molar-refractivity contribution in [2.75, 3.05) is 6.54 Å². The van der Waals surface area contributed by atoms with Crippen LogP contribution in [0.1, 0.15) is 69.9 Å². The average molecular weight is 487 g/mol. The van der Waals surface area contributed by atoms with Crippen LogP contribution in [0.3, 0.4) is 0 Å². The van der Waals surface area contributed by atoms with E-state index >= 15 is 0 Å². The van der Waals surface area contributed by atoms with E-state index in [1.54, 1.807) is 6.20 Å². The molecule has 0 bridgehead atoms. The van der Waals surface area contributed by atoms with Gasteiger partial charge in [-0.15, -0.1) is 24.0 Å². The summed E-state index contributed by atoms with van der Waals surface area (Å²) >= 11 is 0. The van der Waals surface area contributed by atoms with E-state index in [1.165, 1.54) is 0 Å². The second-order valence-corrected chi connectivity index (χ2v) is 7.64. The Morgan fingerprint density at radius 1 is 1.41 bits per heavy atom. The van der Waals surface area contributed by atoms with Gasteiger partial charge in [0.1, 0.15) is 24.0 Å². The lowest BCUT2D eigenvalue weighted by atomic mass is 9.94. The van der Waals surface area contributed by atoms with Crippen LogP contribution in [0.2, 0.25) is 0 Å². The van der Waals surface area contributed by atoms with Crippen molar-refractivity contribution in [3.05, 3.63) is 29.5 Å². The summed E-state index contributed by atoms with van der Waals surface area (Å²) in [5.41, 5.74) is -0.0538. The Kier molecular flexibility index (Phi) is 7.24. The first kappa shape index (κ1) is 21.6. The largest absolute Gasteiger partial charge is 0.443 e. The molecule has 2 N–H and O–H groups in total. The van der Waals surface area contributed by atoms with Gasteiger partial charge in [0, 0.05) is 18.5 Å². The number of guanidine groups is 1. The zero-order chi connectivity index (χ0) is 18.7. The predicted molar refractivity (Wildman–Crippen MR) is 115 cm³/mol. The van der Waals surface area contributed by atoms with Crippen LogP contribution >= 0.6 is 24.0 Å². The molecule has 2 aromatic heterocycles. The van der Waals surface area contributed by atoms with Crippen LogP contribution in [-0.4, -0.2) is 32.3 Å². The van der Waals surface area contributed by atoms with E-state index in [0.29, 0.717) is 12.4 Å². The molecule has 0 radical (unpaired) electrons. The summed E-state index contributed by atoms with van der Waals surface area (Å²) < 4.78 is 7.82. The number of aliphatic imine (C=N–C) groups is 1. The van der Waals surface area contributed by atoms with E-state index in [-0.39, 0.29) is 35.4 Å². The maximum absolute atomic E-state index is 5.83. The first-order valence-electron chi connectivity index (χ1n) is 9.28. The summed E-state index contributed by atoms with van der Waals surface area (Å²) in [6.45, 7) is 12.4. The molecule has 0 spiro atoms. The molecule has 0 aromatic carbocycles. The van der Waals surface area contributed by atoms with Gasteiger partial charge in [-0.3, -0.25) is 0 Å². The average Bonchev–Trinajstić information content (AvgIpc) is 3.18. The van der Waals surface area contributed by atoms with Gasteiger partial charge in [-0.25, -0.2) is 19.6 Å². The number of fused-ring (bicyclic) bond motifs is 1. The molecule has 3 rings (SSSR count). The molecule has 8 nitrogen and oxygen atoms in total. The standard InChI is InChI=1S/C18H29N7O.HI/c1-6-19-17(21-11-15-20-10-14(26-15)18(3,4)5)23-13-8-7-9-25-16(13)22-12(2)24-25;/h10,13H,6-9,11H2,1-5H3,(H2,19,21,23);1H. The van der Waals surface area contributed by atoms with E-state index < -0.39 is 0 Å². The van der Waals surface area contributed by atoms with Gasteiger partial charge in [0.25, 0.3) is 0 Å². The lowest BCUT2D eigenvalue weighted by Crippen LogP contribution is -2.41. The summed E-state index contributed by atoms with van der Waals surface area (Å²) in [5, 5.41) is 11.2. The Hall–Kier alpha value is -1.65. The van der Waals surface area contributed by atoms with E-state index in [4.69, 9.17) is 4.42 Å². The van der Waals surface area contributed by atoms with Crippen molar-refractivity contribution in [2.45, 2.75) is 72.0 Å². The van der Waals surface area contributed by atoms with Crippen LogP contribution in [0.5, 0.6) is 0 Å². The summed E-state index contributed by atoms with van der Waals surface area (Å²) in [6.07, 6.45) is 3.87. The zero-order valence-electron chi connectivity index (χ0n) is 16.7. The minimum atomic E-state index is -0.0538. The molecule has 150 valence electrons. The molecular formula is C18H30IN7O. The number of aryl methyl sites for hydroxylation is 2. The molecular weight excluding hydrogens is 457 g/mol. The highest BCUT2D eigenvalue weighted by atomic mass is 127. The maximum Gasteiger partial charge on any atom is 0.216 e. The molecule has 1 aliphatic heterocycles. The van der Waals surface area contributed by atoms with Crippen molar-refractivity contribution in [2.24, 2.45) is 4.99 Å². The zero-order valence-corrected chi connectivity index (χ0v) is 19.1. The van der Waals surface area contributed by atoms with Gasteiger partial charge in [0.05, 0.1) is 12.2 Å². The Morgan fingerprint density at radius 3 is 2.85 bits per heavy atom. The van der Waals surface area contributed by atoms with E-state index in [1.807, 2.05) is 18.5 Å². The summed E-state index contributed by atoms with van der Waals surface area (Å²) in [5.74, 6) is 4.02. The van der Waals surface area contributed by atoms with Crippen molar-refractivity contribution in [3.8, 4) is 0 Å². The smallest absolute Gasteiger partial charge is 0.216 e. The van der Waals surface area contributed by atoms with Crippen LogP contribution in [0.25, 0.3) is 0 Å². The minimum Gasteiger partial charge on any atom is -0.443 e. The fraction of sp³-hybridized carbons (Fsp3) is 0.667. The number of oxazole rings is 1. The van der Waals surface area contributed by atoms with Gasteiger partial charge in [-0.1, -0.05) is 20.8 Å². The fourth-order valence-corrected chi connectivity index (χ4v) is 2.97. The van der Waals surface area contributed by atoms with Crippen LogP contribution < -0.4 is 10.6 Å². The minimum absolute atomic E-state index is 0. The van der Waals surface area contributed by atoms with Crippen LogP contribution in [0, 0.1) is 6.92 Å². The second kappa shape index (κ2) is 9.03. The molecule has 3 heterocycles. The van der Waals surface area contributed by atoms with Crippen molar-refractivity contribution in [1.82, 2.24) is 30.4 Å². The van der Waals surface area contributed by atoms with Crippen molar-refractivity contribution < 1.29 is 4.42 Å². The highest BCUT2D eigenvalue weighted by Gasteiger charge is 2.24. The molecule has 0 aliphatic carbocycles. The molecule has 0 fully saturated rings. The molecule has 0 saturated carbocycles. The monoisotopic (exact) mass is 487 g/mol. The molecule has 9 heteroatoms. The lowest BCUT2D eigenvalue weighted by molar-refractivity contribution is 0.382. The van der Waals surface area contributed by atoms with E-state index in [9.17, 15) is 0 Å². The quantitative estimate of drug-likeness (QED) is 0.391. The normalized spacial score (nSPS) is 17.2. The molecule has 0 amide bonds. The van der Waals surface area contributed by atoms with Gasteiger partial charge in [-0.2, -0.15) is 5.10 Å². The SMILES string of the molecule is CCNC(=NCc1ncc(C(C)(C)C)o1)NC1CCCn2nc(C)nc21.I. The molecule has 27 heavy (non-hydrogen) atoms. The third-order valence-corrected chi connectivity index (χ3v) is 4.30. The predicted octanol–water partition coefficient (Wildman–Crippen LogP) is 3.08. The lowest BCUT2D eigenvalue weighted by Gasteiger charge is -2.24. The number of nitrogens with one attached hydrogen (secondary N) is 2. The molecule has 0 saturated heterocycles. The first-order valence-corrected chi connectivity index (χ1v) is 9.28. The van der Waals surface area contributed by atoms with Crippen LogP contribution in [0.15, 0.2) is 15.6 Å². The summed E-state index contributed by atoms with van der Waals surface area (Å²) in [7, 11) is 0. The van der Waals surface area contributed by atoms with Gasteiger partial charge in [-0.05, 0) is 26.7 Å². The van der Waals surface area contributed by atoms with Crippen LogP contribution in [0.4, 0.5) is 0 Å². The third kappa shape index (κ3) is 5.43. The number of hydrogen-bond acceptors (Lipinski definition) is 5. The Balaban J connectivity index is 0.00000261. The topological polar surface area (TPSA) is 93.2 Å². The first-order chi connectivity index (χ1) is 12.4. The van der Waals surface area contributed by atoms with E-state index in [0.717, 1.165) is 49.3 Å². The van der Waals surface area contributed by atoms with Crippen molar-refractivity contribution >= 4 is 29.9 Å². The van der Waals surface area contributed by atoms with Gasteiger partial charge in [0.2, 0.25) is 5.89 Å². The third-order valence-electron chi connectivity index (χ3n) is 4.30. The molecule has 1 aliphatic rings. The van der Waals surface area contributed by atoms with Gasteiger partial charge < -0.3 is 15.1 Å². The summed E-state index contributed by atoms with van der Waals surface area (Å²) in [6, 6.07) is 0.109. The number of hydrogen-bond donors (Lipinski definition) is 2. The number of nitrogens with zero attached hydrogens (tertiary/aromatic N) is 5. The van der Waals surface area contributed by atoms with Crippen LogP contribution in [-0.2, 0) is 18.5 Å². The van der Waals surface area contributed by atoms with Gasteiger partial charge >= 0.3 is 0 Å². The van der Waals surface area contributed by atoms with Crippen molar-refractivity contribution in [1.29, 1.82) is 0 Å². The maximum atomic E-state index is 5.83. The molecule has 2 aromatic rings. The molecule has 1 unspecified atom stereocenters. The second-order valence-electron chi connectivity index (χ2n) is 7.64. The Morgan fingerprint density at radius 2 is 2.19 bits per heavy atom. The summed E-state index contributed by atoms with van der Waals surface area (Å²) in [4.78, 5) is 13.5. The Bertz CT molecular complexity index is 775. The number of aromatic nitrogens is 4. The number of halogens is 1. The van der Waals surface area contributed by atoms with Gasteiger partial charge in [0.15, 0.2) is 5.96 Å². The highest BCUT2D eigenvalue weighted by molar-refractivity contribution is 14.0.